The van der Waals surface area contributed by atoms with Gasteiger partial charge in [0, 0.05) is 64.0 Å². The zero-order valence-electron chi connectivity index (χ0n) is 17.8. The summed E-state index contributed by atoms with van der Waals surface area (Å²) in [5.74, 6) is 0. The van der Waals surface area contributed by atoms with E-state index in [1.165, 1.54) is 75.4 Å². The van der Waals surface area contributed by atoms with Gasteiger partial charge in [0.05, 0.1) is 0 Å². The van der Waals surface area contributed by atoms with E-state index in [0.29, 0.717) is 0 Å². The van der Waals surface area contributed by atoms with Crippen LogP contribution in [-0.2, 0) is 43.9 Å². The number of hydrogen-bond acceptors (Lipinski definition) is 11. The second-order valence-electron chi connectivity index (χ2n) is 5.05. The monoisotopic (exact) mass is 476 g/mol. The molecule has 0 bridgehead atoms. The second-order valence-corrected chi connectivity index (χ2v) is 15.8. The molecule has 0 aromatic carbocycles. The van der Waals surface area contributed by atoms with Crippen LogP contribution in [0, 0.1) is 0 Å². The van der Waals surface area contributed by atoms with Crippen LogP contribution in [0.2, 0.25) is 0 Å². The van der Waals surface area contributed by atoms with E-state index in [0.717, 1.165) is 0 Å². The highest BCUT2D eigenvalue weighted by Gasteiger charge is 2.51. The van der Waals surface area contributed by atoms with E-state index in [2.05, 4.69) is 0 Å². The predicted molar refractivity (Wildman–Crippen MR) is 108 cm³/mol. The Bertz CT molecular complexity index is 481. The Morgan fingerprint density at radius 1 is 0.429 bits per heavy atom. The average Bonchev–Trinajstić information content (AvgIpc) is 2.76. The van der Waals surface area contributed by atoms with E-state index < -0.39 is 35.2 Å². The Morgan fingerprint density at radius 3 is 1.00 bits per heavy atom. The topological polar surface area (TPSA) is 113 Å². The van der Waals surface area contributed by atoms with Crippen molar-refractivity contribution in [3.8, 4) is 0 Å². The van der Waals surface area contributed by atoms with Gasteiger partial charge in [0.1, 0.15) is 0 Å². The molecule has 1 N–H and O–H groups in total. The minimum absolute atomic E-state index is 1.33. The van der Waals surface area contributed by atoms with Gasteiger partial charge in [-0.1, -0.05) is 0 Å². The van der Waals surface area contributed by atoms with E-state index in [1.54, 1.807) is 11.4 Å². The first-order valence-electron chi connectivity index (χ1n) is 7.96. The van der Waals surface area contributed by atoms with Crippen molar-refractivity contribution in [3.05, 3.63) is 22.8 Å². The van der Waals surface area contributed by atoms with Gasteiger partial charge in [-0.2, -0.15) is 0 Å². The third-order valence-electron chi connectivity index (χ3n) is 3.85. The molecule has 0 spiro atoms. The summed E-state index contributed by atoms with van der Waals surface area (Å²) in [5.41, 5.74) is 5.96. The summed E-state index contributed by atoms with van der Waals surface area (Å²) in [6, 6.07) is 0. The Labute approximate surface area is 171 Å². The van der Waals surface area contributed by atoms with Crippen LogP contribution >= 0.6 is 0 Å². The molecule has 0 aromatic heterocycles. The van der Waals surface area contributed by atoms with Gasteiger partial charge in [-0.05, 0) is 22.8 Å². The Kier molecular flexibility index (Phi) is 12.5. The molecule has 0 atom stereocenters. The van der Waals surface area contributed by atoms with E-state index in [9.17, 15) is 4.80 Å². The molecular formula is C13H32O11Si4. The second kappa shape index (κ2) is 12.6. The molecule has 0 aliphatic rings. The normalized spacial score (nSPS) is 14.5. The first-order chi connectivity index (χ1) is 13.2. The van der Waals surface area contributed by atoms with Gasteiger partial charge in [-0.25, -0.2) is 0 Å². The zero-order valence-corrected chi connectivity index (χ0v) is 21.8. The lowest BCUT2D eigenvalue weighted by atomic mass is 11.2. The van der Waals surface area contributed by atoms with E-state index in [1.807, 2.05) is 0 Å². The first-order valence-corrected chi connectivity index (χ1v) is 15.2. The average molecular weight is 477 g/mol. The Hall–Kier alpha value is -0.0925. The SMILES string of the molecule is CO[Si](O)(/C=C/[Si](OC)(OC)O[Si](/C=C/[Si](OC)(OC)OC)(OC)OC)OC. The van der Waals surface area contributed by atoms with Crippen molar-refractivity contribution in [2.45, 2.75) is 0 Å². The van der Waals surface area contributed by atoms with Gasteiger partial charge in [0.25, 0.3) is 0 Å². The summed E-state index contributed by atoms with van der Waals surface area (Å²) in [4.78, 5) is 10.3. The highest BCUT2D eigenvalue weighted by atomic mass is 28.5. The van der Waals surface area contributed by atoms with Crippen LogP contribution < -0.4 is 0 Å². The molecule has 0 radical (unpaired) electrons. The van der Waals surface area contributed by atoms with Crippen molar-refractivity contribution in [1.82, 2.24) is 0 Å². The van der Waals surface area contributed by atoms with Crippen molar-refractivity contribution in [2.75, 3.05) is 64.0 Å². The predicted octanol–water partition coefficient (Wildman–Crippen LogP) is -0.162. The highest BCUT2D eigenvalue weighted by Crippen LogP contribution is 2.22. The number of rotatable bonds is 15. The molecule has 0 saturated heterocycles. The summed E-state index contributed by atoms with van der Waals surface area (Å²) in [6.07, 6.45) is 0. The zero-order chi connectivity index (χ0) is 21.9. The van der Waals surface area contributed by atoms with Crippen LogP contribution in [0.25, 0.3) is 0 Å². The van der Waals surface area contributed by atoms with Crippen LogP contribution in [0.1, 0.15) is 0 Å². The van der Waals surface area contributed by atoms with E-state index in [4.69, 9.17) is 43.9 Å². The largest absolute Gasteiger partial charge is 0.528 e. The molecule has 11 nitrogen and oxygen atoms in total. The van der Waals surface area contributed by atoms with E-state index >= 15 is 0 Å². The van der Waals surface area contributed by atoms with E-state index in [-0.39, 0.29) is 0 Å². The third kappa shape index (κ3) is 7.30. The summed E-state index contributed by atoms with van der Waals surface area (Å²) < 4.78 is 54.4. The summed E-state index contributed by atoms with van der Waals surface area (Å²) in [5, 5.41) is 0. The summed E-state index contributed by atoms with van der Waals surface area (Å²) in [7, 11) is -0.791. The maximum Gasteiger partial charge on any atom is 0.528 e. The molecule has 0 saturated carbocycles. The van der Waals surface area contributed by atoms with Crippen molar-refractivity contribution < 1.29 is 48.7 Å². The maximum absolute atomic E-state index is 10.3. The van der Waals surface area contributed by atoms with Gasteiger partial charge in [-0.15, -0.1) is 0 Å². The standard InChI is InChI=1S/C13H32O11Si4/c1-15-25(14,16-2)10-11-27(20-6,21-7)24-28(22-8,23-9)13-12-26(17-3,18-4)19-5/h10-14H,1-9H3/b11-10+,13-12+. The minimum atomic E-state index is -3.52. The quantitative estimate of drug-likeness (QED) is 0.318. The molecular weight excluding hydrogens is 444 g/mol. The van der Waals surface area contributed by atoms with Crippen molar-refractivity contribution in [3.63, 3.8) is 0 Å². The molecule has 0 aliphatic carbocycles. The number of hydrogen-bond donors (Lipinski definition) is 1. The minimum Gasteiger partial charge on any atom is -0.387 e. The molecule has 0 amide bonds. The highest BCUT2D eigenvalue weighted by molar-refractivity contribution is 6.82. The van der Waals surface area contributed by atoms with Crippen LogP contribution in [-0.4, -0.2) is 104 Å². The maximum atomic E-state index is 10.3. The Morgan fingerprint density at radius 2 is 0.714 bits per heavy atom. The fourth-order valence-electron chi connectivity index (χ4n) is 1.96. The molecule has 0 aromatic rings. The van der Waals surface area contributed by atoms with Gasteiger partial charge < -0.3 is 48.7 Å². The molecule has 15 heteroatoms. The molecule has 0 rings (SSSR count). The first kappa shape index (κ1) is 27.9. The fraction of sp³-hybridized carbons (Fsp3) is 0.692. The van der Waals surface area contributed by atoms with Gasteiger partial charge >= 0.3 is 35.2 Å². The molecule has 0 heterocycles. The smallest absolute Gasteiger partial charge is 0.387 e. The van der Waals surface area contributed by atoms with Gasteiger partial charge in [-0.3, -0.25) is 0 Å². The fourth-order valence-corrected chi connectivity index (χ4v) is 10.9. The molecule has 166 valence electrons. The van der Waals surface area contributed by atoms with Gasteiger partial charge in [0.2, 0.25) is 0 Å². The lowest BCUT2D eigenvalue weighted by molar-refractivity contribution is 0.104. The summed E-state index contributed by atoms with van der Waals surface area (Å²) in [6.45, 7) is 0. The van der Waals surface area contributed by atoms with Gasteiger partial charge in [0.15, 0.2) is 0 Å². The summed E-state index contributed by atoms with van der Waals surface area (Å²) >= 11 is 0. The molecule has 28 heavy (non-hydrogen) atoms. The van der Waals surface area contributed by atoms with Crippen LogP contribution in [0.15, 0.2) is 22.8 Å². The lowest BCUT2D eigenvalue weighted by Gasteiger charge is -2.33. The lowest BCUT2D eigenvalue weighted by Crippen LogP contribution is -2.57. The van der Waals surface area contributed by atoms with Crippen molar-refractivity contribution in [2.24, 2.45) is 0 Å². The van der Waals surface area contributed by atoms with Crippen LogP contribution in [0.3, 0.4) is 0 Å². The molecule has 0 fully saturated rings. The van der Waals surface area contributed by atoms with Crippen molar-refractivity contribution in [1.29, 1.82) is 0 Å². The molecule has 0 unspecified atom stereocenters. The third-order valence-corrected chi connectivity index (χ3v) is 14.3. The van der Waals surface area contributed by atoms with Crippen molar-refractivity contribution >= 4 is 35.2 Å². The Balaban J connectivity index is 5.96. The molecule has 0 aliphatic heterocycles. The van der Waals surface area contributed by atoms with Crippen LogP contribution in [0.5, 0.6) is 0 Å². The van der Waals surface area contributed by atoms with Crippen LogP contribution in [0.4, 0.5) is 0 Å².